The van der Waals surface area contributed by atoms with Crippen molar-refractivity contribution in [2.45, 2.75) is 11.7 Å². The zero-order chi connectivity index (χ0) is 9.90. The van der Waals surface area contributed by atoms with Crippen molar-refractivity contribution in [1.29, 1.82) is 0 Å². The van der Waals surface area contributed by atoms with Crippen molar-refractivity contribution in [3.05, 3.63) is 42.8 Å². The van der Waals surface area contributed by atoms with Crippen LogP contribution in [-0.4, -0.2) is 13.0 Å². The van der Waals surface area contributed by atoms with E-state index in [2.05, 4.69) is 6.92 Å². The Labute approximate surface area is 78.2 Å². The zero-order valence-corrected chi connectivity index (χ0v) is 7.87. The summed E-state index contributed by atoms with van der Waals surface area (Å²) in [6.45, 7) is 3.49. The molecule has 1 unspecified atom stereocenters. The molecule has 4 heteroatoms. The molecule has 1 aromatic rings. The third-order valence-electron chi connectivity index (χ3n) is 1.79. The summed E-state index contributed by atoms with van der Waals surface area (Å²) in [4.78, 5) is 0. The maximum atomic E-state index is 10.9. The lowest BCUT2D eigenvalue weighted by atomic mass is 10.1. The molecule has 0 spiro atoms. The molecule has 13 heavy (non-hydrogen) atoms. The van der Waals surface area contributed by atoms with Crippen LogP contribution in [-0.2, 0) is 10.1 Å². The van der Waals surface area contributed by atoms with Gasteiger partial charge in [0, 0.05) is 0 Å². The largest absolute Gasteiger partial charge is 0.285 e. The predicted octanol–water partition coefficient (Wildman–Crippen LogP) is 1.84. The molecule has 0 amide bonds. The van der Waals surface area contributed by atoms with E-state index in [1.807, 2.05) is 0 Å². The smallest absolute Gasteiger partial charge is 0.271 e. The van der Waals surface area contributed by atoms with Crippen LogP contribution in [0, 0.1) is 6.92 Å². The van der Waals surface area contributed by atoms with E-state index in [0.717, 1.165) is 0 Å². The van der Waals surface area contributed by atoms with Crippen LogP contribution in [0.2, 0.25) is 0 Å². The molecule has 0 saturated heterocycles. The first-order valence-electron chi connectivity index (χ1n) is 3.86. The van der Waals surface area contributed by atoms with Crippen LogP contribution in [0.4, 0.5) is 0 Å². The first kappa shape index (κ1) is 10.2. The van der Waals surface area contributed by atoms with Crippen LogP contribution in [0.5, 0.6) is 0 Å². The van der Waals surface area contributed by atoms with Gasteiger partial charge >= 0.3 is 0 Å². The average molecular weight is 199 g/mol. The second kappa shape index (κ2) is 3.89. The van der Waals surface area contributed by atoms with Gasteiger partial charge in [0.05, 0.1) is 0 Å². The van der Waals surface area contributed by atoms with Crippen LogP contribution >= 0.6 is 0 Å². The summed E-state index contributed by atoms with van der Waals surface area (Å²) in [5.74, 6) is 0. The van der Waals surface area contributed by atoms with E-state index in [-0.39, 0.29) is 6.42 Å². The highest BCUT2D eigenvalue weighted by molar-refractivity contribution is 7.86. The number of hydrogen-bond acceptors (Lipinski definition) is 2. The molecule has 1 radical (unpaired) electrons. The Morgan fingerprint density at radius 2 is 1.85 bits per heavy atom. The Kier molecular flexibility index (Phi) is 3.06. The van der Waals surface area contributed by atoms with E-state index in [1.165, 1.54) is 0 Å². The fraction of sp³-hybridized carbons (Fsp3) is 0.222. The Hall–Kier alpha value is -0.870. The minimum absolute atomic E-state index is 0.128. The summed E-state index contributed by atoms with van der Waals surface area (Å²) in [6.07, 6.45) is 0.128. The van der Waals surface area contributed by atoms with E-state index < -0.39 is 15.4 Å². The maximum absolute atomic E-state index is 10.9. The van der Waals surface area contributed by atoms with Gasteiger partial charge in [0.2, 0.25) is 0 Å². The van der Waals surface area contributed by atoms with E-state index in [9.17, 15) is 8.42 Å². The molecule has 71 valence electrons. The third-order valence-corrected chi connectivity index (χ3v) is 3.02. The SMILES string of the molecule is [CH2]CC(c1ccccc1)S(=O)(=O)O. The number of benzene rings is 1. The summed E-state index contributed by atoms with van der Waals surface area (Å²) in [6, 6.07) is 8.55. The van der Waals surface area contributed by atoms with Crippen LogP contribution < -0.4 is 0 Å². The van der Waals surface area contributed by atoms with Gasteiger partial charge in [-0.1, -0.05) is 37.3 Å². The lowest BCUT2D eigenvalue weighted by Gasteiger charge is -2.10. The molecule has 1 N–H and O–H groups in total. The number of rotatable bonds is 3. The topological polar surface area (TPSA) is 54.4 Å². The Morgan fingerprint density at radius 1 is 1.31 bits per heavy atom. The fourth-order valence-corrected chi connectivity index (χ4v) is 1.95. The molecule has 0 aliphatic rings. The summed E-state index contributed by atoms with van der Waals surface area (Å²) < 4.78 is 30.6. The highest BCUT2D eigenvalue weighted by Gasteiger charge is 2.22. The molecule has 1 atom stereocenters. The molecule has 3 nitrogen and oxygen atoms in total. The average Bonchev–Trinajstić information content (AvgIpc) is 2.05. The van der Waals surface area contributed by atoms with Crippen molar-refractivity contribution in [3.8, 4) is 0 Å². The molecule has 0 fully saturated rings. The van der Waals surface area contributed by atoms with Crippen molar-refractivity contribution in [2.75, 3.05) is 0 Å². The quantitative estimate of drug-likeness (QED) is 0.756. The highest BCUT2D eigenvalue weighted by Crippen LogP contribution is 2.23. The van der Waals surface area contributed by atoms with Crippen LogP contribution in [0.25, 0.3) is 0 Å². The highest BCUT2D eigenvalue weighted by atomic mass is 32.2. The number of hydrogen-bond donors (Lipinski definition) is 1. The van der Waals surface area contributed by atoms with Crippen molar-refractivity contribution in [3.63, 3.8) is 0 Å². The lowest BCUT2D eigenvalue weighted by molar-refractivity contribution is 0.468. The van der Waals surface area contributed by atoms with Gasteiger partial charge in [0.15, 0.2) is 0 Å². The van der Waals surface area contributed by atoms with Gasteiger partial charge in [-0.15, -0.1) is 0 Å². The molecule has 1 rings (SSSR count). The minimum Gasteiger partial charge on any atom is -0.285 e. The molecular weight excluding hydrogens is 188 g/mol. The van der Waals surface area contributed by atoms with Gasteiger partial charge in [-0.2, -0.15) is 8.42 Å². The molecule has 1 aromatic carbocycles. The molecular formula is C9H11O3S. The summed E-state index contributed by atoms with van der Waals surface area (Å²) in [5, 5.41) is -0.909. The Morgan fingerprint density at radius 3 is 2.23 bits per heavy atom. The van der Waals surface area contributed by atoms with E-state index in [0.29, 0.717) is 5.56 Å². The second-order valence-corrected chi connectivity index (χ2v) is 4.30. The Bertz CT molecular complexity index is 356. The predicted molar refractivity (Wildman–Crippen MR) is 50.7 cm³/mol. The molecule has 0 bridgehead atoms. The van der Waals surface area contributed by atoms with Crippen LogP contribution in [0.15, 0.2) is 30.3 Å². The monoisotopic (exact) mass is 199 g/mol. The standard InChI is InChI=1S/C9H11O3S/c1-2-9(13(10,11)12)8-6-4-3-5-7-8/h3-7,9H,1-2H2,(H,10,11,12). The van der Waals surface area contributed by atoms with Gasteiger partial charge < -0.3 is 0 Å². The van der Waals surface area contributed by atoms with Gasteiger partial charge in [0.25, 0.3) is 10.1 Å². The van der Waals surface area contributed by atoms with Gasteiger partial charge in [-0.25, -0.2) is 0 Å². The Balaban J connectivity index is 3.06. The summed E-state index contributed by atoms with van der Waals surface area (Å²) >= 11 is 0. The second-order valence-electron chi connectivity index (χ2n) is 2.70. The van der Waals surface area contributed by atoms with E-state index >= 15 is 0 Å². The molecule has 0 aliphatic carbocycles. The van der Waals surface area contributed by atoms with Crippen molar-refractivity contribution in [1.82, 2.24) is 0 Å². The maximum Gasteiger partial charge on any atom is 0.271 e. The zero-order valence-electron chi connectivity index (χ0n) is 7.05. The lowest BCUT2D eigenvalue weighted by Crippen LogP contribution is -2.10. The molecule has 0 heterocycles. The fourth-order valence-electron chi connectivity index (χ4n) is 1.16. The van der Waals surface area contributed by atoms with Crippen molar-refractivity contribution < 1.29 is 13.0 Å². The third kappa shape index (κ3) is 2.54. The molecule has 0 aliphatic heterocycles. The normalized spacial score (nSPS) is 14.0. The first-order chi connectivity index (χ1) is 6.05. The van der Waals surface area contributed by atoms with Crippen molar-refractivity contribution >= 4 is 10.1 Å². The molecule has 0 saturated carbocycles. The van der Waals surface area contributed by atoms with Gasteiger partial charge in [-0.3, -0.25) is 4.55 Å². The summed E-state index contributed by atoms with van der Waals surface area (Å²) in [5.41, 5.74) is 0.569. The first-order valence-corrected chi connectivity index (χ1v) is 5.36. The minimum atomic E-state index is -4.03. The van der Waals surface area contributed by atoms with Crippen LogP contribution in [0.1, 0.15) is 17.2 Å². The van der Waals surface area contributed by atoms with E-state index in [4.69, 9.17) is 4.55 Å². The van der Waals surface area contributed by atoms with Crippen molar-refractivity contribution in [2.24, 2.45) is 0 Å². The molecule has 0 aromatic heterocycles. The van der Waals surface area contributed by atoms with E-state index in [1.54, 1.807) is 30.3 Å². The van der Waals surface area contributed by atoms with Gasteiger partial charge in [0.1, 0.15) is 5.25 Å². The summed E-state index contributed by atoms with van der Waals surface area (Å²) in [7, 11) is -4.03. The van der Waals surface area contributed by atoms with Crippen LogP contribution in [0.3, 0.4) is 0 Å². The van der Waals surface area contributed by atoms with Gasteiger partial charge in [-0.05, 0) is 12.0 Å².